The lowest BCUT2D eigenvalue weighted by molar-refractivity contribution is 0.0697. The van der Waals surface area contributed by atoms with Crippen molar-refractivity contribution in [2.45, 2.75) is 13.5 Å². The van der Waals surface area contributed by atoms with Gasteiger partial charge in [-0.15, -0.1) is 11.3 Å². The molecule has 0 aliphatic heterocycles. The van der Waals surface area contributed by atoms with Gasteiger partial charge in [0, 0.05) is 10.4 Å². The summed E-state index contributed by atoms with van der Waals surface area (Å²) in [6, 6.07) is 1.71. The summed E-state index contributed by atoms with van der Waals surface area (Å²) in [5.41, 5.74) is 0.764. The number of carboxylic acid groups (broad SMARTS) is 1. The Labute approximate surface area is 95.3 Å². The second-order valence-corrected chi connectivity index (χ2v) is 4.43. The van der Waals surface area contributed by atoms with Gasteiger partial charge in [-0.25, -0.2) is 4.79 Å². The topological polar surface area (TPSA) is 72.6 Å². The Morgan fingerprint density at radius 2 is 2.50 bits per heavy atom. The first-order valence-corrected chi connectivity index (χ1v) is 5.33. The average molecular weight is 239 g/mol. The van der Waals surface area contributed by atoms with Crippen LogP contribution in [0.1, 0.15) is 20.1 Å². The molecule has 2 aromatic rings. The molecule has 0 saturated heterocycles. The van der Waals surface area contributed by atoms with Crippen LogP contribution in [0.5, 0.6) is 5.75 Å². The number of rotatable bonds is 4. The highest BCUT2D eigenvalue weighted by atomic mass is 32.1. The van der Waals surface area contributed by atoms with E-state index in [9.17, 15) is 4.79 Å². The Kier molecular flexibility index (Phi) is 2.91. The maximum atomic E-state index is 10.9. The largest absolute Gasteiger partial charge is 0.487 e. The third kappa shape index (κ3) is 2.22. The predicted molar refractivity (Wildman–Crippen MR) is 56.9 cm³/mol. The number of hydrogen-bond acceptors (Lipinski definition) is 5. The number of nitrogens with zero attached hydrogens (tertiary/aromatic N) is 1. The molecule has 0 aromatic carbocycles. The molecule has 16 heavy (non-hydrogen) atoms. The summed E-state index contributed by atoms with van der Waals surface area (Å²) in [7, 11) is 0. The number of aryl methyl sites for hydroxylation is 1. The molecule has 0 amide bonds. The smallest absolute Gasteiger partial charge is 0.349 e. The molecule has 6 heteroatoms. The van der Waals surface area contributed by atoms with Gasteiger partial charge in [0.25, 0.3) is 0 Å². The van der Waals surface area contributed by atoms with Gasteiger partial charge in [-0.2, -0.15) is 0 Å². The first-order valence-electron chi connectivity index (χ1n) is 4.51. The monoisotopic (exact) mass is 239 g/mol. The zero-order valence-electron chi connectivity index (χ0n) is 8.47. The fourth-order valence-corrected chi connectivity index (χ4v) is 2.00. The van der Waals surface area contributed by atoms with Crippen LogP contribution in [0.3, 0.4) is 0 Å². The molecule has 0 atom stereocenters. The summed E-state index contributed by atoms with van der Waals surface area (Å²) < 4.78 is 10.0. The van der Waals surface area contributed by atoms with Crippen LogP contribution in [0.4, 0.5) is 0 Å². The number of ether oxygens (including phenoxy) is 1. The van der Waals surface area contributed by atoms with E-state index in [1.54, 1.807) is 6.07 Å². The number of thiophene rings is 1. The van der Waals surface area contributed by atoms with Gasteiger partial charge in [0.05, 0.1) is 6.20 Å². The third-order valence-electron chi connectivity index (χ3n) is 1.89. The van der Waals surface area contributed by atoms with Crippen molar-refractivity contribution >= 4 is 17.3 Å². The van der Waals surface area contributed by atoms with Gasteiger partial charge in [0.2, 0.25) is 0 Å². The van der Waals surface area contributed by atoms with E-state index in [0.717, 1.165) is 10.4 Å². The second-order valence-electron chi connectivity index (χ2n) is 3.18. The molecule has 2 aromatic heterocycles. The second kappa shape index (κ2) is 4.36. The Morgan fingerprint density at radius 1 is 1.69 bits per heavy atom. The Morgan fingerprint density at radius 3 is 3.12 bits per heavy atom. The van der Waals surface area contributed by atoms with E-state index >= 15 is 0 Å². The molecule has 1 N–H and O–H groups in total. The summed E-state index contributed by atoms with van der Waals surface area (Å²) in [6.45, 7) is 2.09. The van der Waals surface area contributed by atoms with E-state index in [1.165, 1.54) is 23.8 Å². The van der Waals surface area contributed by atoms with Crippen LogP contribution in [0.15, 0.2) is 23.0 Å². The molecule has 2 heterocycles. The maximum Gasteiger partial charge on any atom is 0.349 e. The van der Waals surface area contributed by atoms with Crippen molar-refractivity contribution in [2.75, 3.05) is 0 Å². The lowest BCUT2D eigenvalue weighted by Crippen LogP contribution is -1.99. The summed E-state index contributed by atoms with van der Waals surface area (Å²) in [5, 5.41) is 12.5. The summed E-state index contributed by atoms with van der Waals surface area (Å²) >= 11 is 1.20. The first-order chi connectivity index (χ1) is 7.66. The van der Waals surface area contributed by atoms with E-state index in [-0.39, 0.29) is 11.5 Å². The van der Waals surface area contributed by atoms with Crippen molar-refractivity contribution in [2.24, 2.45) is 0 Å². The molecular weight excluding hydrogens is 230 g/mol. The van der Waals surface area contributed by atoms with Crippen LogP contribution in [0.2, 0.25) is 0 Å². The van der Waals surface area contributed by atoms with Crippen LogP contribution < -0.4 is 4.74 Å². The number of aromatic carboxylic acids is 1. The molecule has 84 valence electrons. The van der Waals surface area contributed by atoms with Crippen LogP contribution in [-0.2, 0) is 6.61 Å². The molecule has 5 nitrogen and oxygen atoms in total. The van der Waals surface area contributed by atoms with Gasteiger partial charge >= 0.3 is 5.97 Å². The Hall–Kier alpha value is -1.82. The molecule has 0 bridgehead atoms. The van der Waals surface area contributed by atoms with Crippen LogP contribution in [0, 0.1) is 6.92 Å². The van der Waals surface area contributed by atoms with Crippen LogP contribution in [0.25, 0.3) is 0 Å². The van der Waals surface area contributed by atoms with Crippen molar-refractivity contribution in [1.29, 1.82) is 0 Å². The normalized spacial score (nSPS) is 10.3. The molecule has 0 saturated carbocycles. The van der Waals surface area contributed by atoms with E-state index in [4.69, 9.17) is 9.84 Å². The molecule has 0 radical (unpaired) electrons. The Bertz CT molecular complexity index is 489. The van der Waals surface area contributed by atoms with Gasteiger partial charge < -0.3 is 14.4 Å². The summed E-state index contributed by atoms with van der Waals surface area (Å²) in [4.78, 5) is 12.0. The van der Waals surface area contributed by atoms with Gasteiger partial charge in [-0.05, 0) is 13.0 Å². The standard InChI is InChI=1S/C10H9NO4S/c1-6-2-8(9(16-6)10(12)13)14-4-7-3-11-15-5-7/h2-3,5H,4H2,1H3,(H,12,13). The van der Waals surface area contributed by atoms with Crippen LogP contribution >= 0.6 is 11.3 Å². The number of carboxylic acids is 1. The fourth-order valence-electron chi connectivity index (χ4n) is 1.21. The predicted octanol–water partition coefficient (Wildman–Crippen LogP) is 2.32. The zero-order chi connectivity index (χ0) is 11.5. The quantitative estimate of drug-likeness (QED) is 0.886. The molecule has 0 aliphatic rings. The first kappa shape index (κ1) is 10.7. The molecular formula is C10H9NO4S. The lowest BCUT2D eigenvalue weighted by atomic mass is 10.3. The fraction of sp³-hybridized carbons (Fsp3) is 0.200. The Balaban J connectivity index is 2.12. The van der Waals surface area contributed by atoms with E-state index in [2.05, 4.69) is 9.68 Å². The summed E-state index contributed by atoms with van der Waals surface area (Å²) in [6.07, 6.45) is 2.99. The molecule has 2 rings (SSSR count). The van der Waals surface area contributed by atoms with Gasteiger partial charge in [0.15, 0.2) is 4.88 Å². The number of aromatic nitrogens is 1. The van der Waals surface area contributed by atoms with Crippen molar-refractivity contribution in [3.63, 3.8) is 0 Å². The minimum atomic E-state index is -0.974. The highest BCUT2D eigenvalue weighted by Crippen LogP contribution is 2.29. The van der Waals surface area contributed by atoms with Crippen LogP contribution in [-0.4, -0.2) is 16.2 Å². The van der Waals surface area contributed by atoms with E-state index in [1.807, 2.05) is 6.92 Å². The third-order valence-corrected chi connectivity index (χ3v) is 2.91. The maximum absolute atomic E-state index is 10.9. The summed E-state index contributed by atoms with van der Waals surface area (Å²) in [5.74, 6) is -0.588. The molecule has 0 fully saturated rings. The zero-order valence-corrected chi connectivity index (χ0v) is 9.28. The minimum Gasteiger partial charge on any atom is -0.487 e. The van der Waals surface area contributed by atoms with Crippen molar-refractivity contribution in [3.8, 4) is 5.75 Å². The molecule has 0 spiro atoms. The van der Waals surface area contributed by atoms with Crippen molar-refractivity contribution < 1.29 is 19.2 Å². The van der Waals surface area contributed by atoms with E-state index < -0.39 is 5.97 Å². The number of carbonyl (C=O) groups is 1. The van der Waals surface area contributed by atoms with E-state index in [0.29, 0.717) is 5.75 Å². The number of hydrogen-bond donors (Lipinski definition) is 1. The van der Waals surface area contributed by atoms with Crippen molar-refractivity contribution in [3.05, 3.63) is 33.8 Å². The van der Waals surface area contributed by atoms with Crippen molar-refractivity contribution in [1.82, 2.24) is 5.16 Å². The lowest BCUT2D eigenvalue weighted by Gasteiger charge is -2.02. The highest BCUT2D eigenvalue weighted by Gasteiger charge is 2.15. The highest BCUT2D eigenvalue weighted by molar-refractivity contribution is 7.14. The van der Waals surface area contributed by atoms with Gasteiger partial charge in [-0.3, -0.25) is 0 Å². The van der Waals surface area contributed by atoms with Gasteiger partial charge in [0.1, 0.15) is 18.6 Å². The molecule has 0 aliphatic carbocycles. The van der Waals surface area contributed by atoms with Gasteiger partial charge in [-0.1, -0.05) is 5.16 Å². The average Bonchev–Trinajstić information content (AvgIpc) is 2.83. The minimum absolute atomic E-state index is 0.217. The SMILES string of the molecule is Cc1cc(OCc2cnoc2)c(C(=O)O)s1. The molecule has 0 unspecified atom stereocenters.